The van der Waals surface area contributed by atoms with Crippen molar-refractivity contribution in [3.05, 3.63) is 46.7 Å². The molecule has 5 nitrogen and oxygen atoms in total. The van der Waals surface area contributed by atoms with Gasteiger partial charge in [0, 0.05) is 18.7 Å². The summed E-state index contributed by atoms with van der Waals surface area (Å²) in [5.74, 6) is -0.970. The van der Waals surface area contributed by atoms with Crippen molar-refractivity contribution in [2.75, 3.05) is 19.7 Å². The molecule has 1 fully saturated rings. The largest absolute Gasteiger partial charge is 0.481 e. The Bertz CT molecular complexity index is 698. The Morgan fingerprint density at radius 2 is 2.04 bits per heavy atom. The number of carbonyl (C=O) groups is 2. The minimum atomic E-state index is -0.912. The molecule has 1 amide bonds. The number of morpholine rings is 1. The standard InChI is InChI=1S/C17H17NO4S/c19-15(20)10-13-11-18(7-8-22-13)17(21)16-14(6-9-23-16)12-4-2-1-3-5-12/h1-6,9,13H,7-8,10-11H2,(H,19,20)/t13-/m0/s1. The van der Waals surface area contributed by atoms with Gasteiger partial charge in [0.2, 0.25) is 0 Å². The molecule has 1 aromatic heterocycles. The van der Waals surface area contributed by atoms with E-state index in [1.165, 1.54) is 11.3 Å². The van der Waals surface area contributed by atoms with Gasteiger partial charge in [-0.3, -0.25) is 9.59 Å². The molecule has 2 heterocycles. The fourth-order valence-electron chi connectivity index (χ4n) is 2.69. The summed E-state index contributed by atoms with van der Waals surface area (Å²) in [5.41, 5.74) is 1.93. The van der Waals surface area contributed by atoms with E-state index in [1.807, 2.05) is 41.8 Å². The summed E-state index contributed by atoms with van der Waals surface area (Å²) >= 11 is 1.41. The molecule has 1 N–H and O–H groups in total. The number of hydrogen-bond donors (Lipinski definition) is 1. The van der Waals surface area contributed by atoms with Crippen LogP contribution in [0.25, 0.3) is 11.1 Å². The van der Waals surface area contributed by atoms with Gasteiger partial charge in [0.15, 0.2) is 0 Å². The number of carboxylic acid groups (broad SMARTS) is 1. The van der Waals surface area contributed by atoms with Crippen LogP contribution < -0.4 is 0 Å². The van der Waals surface area contributed by atoms with E-state index in [1.54, 1.807) is 4.90 Å². The average Bonchev–Trinajstić information content (AvgIpc) is 3.04. The van der Waals surface area contributed by atoms with Crippen LogP contribution in [-0.4, -0.2) is 47.7 Å². The van der Waals surface area contributed by atoms with Crippen LogP contribution in [0.15, 0.2) is 41.8 Å². The van der Waals surface area contributed by atoms with E-state index < -0.39 is 12.1 Å². The second kappa shape index (κ2) is 6.93. The molecule has 1 saturated heterocycles. The highest BCUT2D eigenvalue weighted by Crippen LogP contribution is 2.29. The van der Waals surface area contributed by atoms with Crippen molar-refractivity contribution in [2.45, 2.75) is 12.5 Å². The smallest absolute Gasteiger partial charge is 0.306 e. The van der Waals surface area contributed by atoms with Crippen LogP contribution in [0.2, 0.25) is 0 Å². The molecular formula is C17H17NO4S. The maximum Gasteiger partial charge on any atom is 0.306 e. The molecule has 1 aliphatic rings. The summed E-state index contributed by atoms with van der Waals surface area (Å²) in [6.45, 7) is 1.17. The molecule has 6 heteroatoms. The van der Waals surface area contributed by atoms with Crippen molar-refractivity contribution in [1.29, 1.82) is 0 Å². The number of aliphatic carboxylic acids is 1. The molecule has 0 spiro atoms. The Labute approximate surface area is 138 Å². The SMILES string of the molecule is O=C(O)C[C@H]1CN(C(=O)c2sccc2-c2ccccc2)CCO1. The summed E-state index contributed by atoms with van der Waals surface area (Å²) in [5, 5.41) is 10.8. The third-order valence-corrected chi connectivity index (χ3v) is 4.67. The van der Waals surface area contributed by atoms with Crippen LogP contribution in [0.1, 0.15) is 16.1 Å². The van der Waals surface area contributed by atoms with Gasteiger partial charge in [-0.1, -0.05) is 30.3 Å². The van der Waals surface area contributed by atoms with Gasteiger partial charge in [0.1, 0.15) is 0 Å². The summed E-state index contributed by atoms with van der Waals surface area (Å²) in [7, 11) is 0. The Kier molecular flexibility index (Phi) is 4.73. The number of amides is 1. The predicted octanol–water partition coefficient (Wildman–Crippen LogP) is 2.73. The number of hydrogen-bond acceptors (Lipinski definition) is 4. The van der Waals surface area contributed by atoms with E-state index in [0.717, 1.165) is 11.1 Å². The van der Waals surface area contributed by atoms with Gasteiger partial charge in [-0.15, -0.1) is 11.3 Å². The van der Waals surface area contributed by atoms with E-state index in [0.29, 0.717) is 24.6 Å². The van der Waals surface area contributed by atoms with Crippen LogP contribution in [0, 0.1) is 0 Å². The van der Waals surface area contributed by atoms with E-state index in [9.17, 15) is 9.59 Å². The molecule has 1 aromatic carbocycles. The highest BCUT2D eigenvalue weighted by atomic mass is 32.1. The maximum atomic E-state index is 12.8. The number of rotatable bonds is 4. The van der Waals surface area contributed by atoms with Crippen LogP contribution >= 0.6 is 11.3 Å². The first-order chi connectivity index (χ1) is 11.1. The minimum Gasteiger partial charge on any atom is -0.481 e. The monoisotopic (exact) mass is 331 g/mol. The summed E-state index contributed by atoms with van der Waals surface area (Å²) in [6, 6.07) is 11.7. The van der Waals surface area contributed by atoms with Gasteiger partial charge in [-0.05, 0) is 17.0 Å². The zero-order chi connectivity index (χ0) is 16.2. The molecule has 2 aromatic rings. The number of carboxylic acids is 1. The van der Waals surface area contributed by atoms with Crippen LogP contribution in [0.5, 0.6) is 0 Å². The van der Waals surface area contributed by atoms with E-state index in [2.05, 4.69) is 0 Å². The Morgan fingerprint density at radius 1 is 1.26 bits per heavy atom. The lowest BCUT2D eigenvalue weighted by atomic mass is 10.1. The molecule has 120 valence electrons. The predicted molar refractivity (Wildman–Crippen MR) is 87.7 cm³/mol. The molecule has 0 unspecified atom stereocenters. The molecule has 3 rings (SSSR count). The van der Waals surface area contributed by atoms with E-state index in [-0.39, 0.29) is 12.3 Å². The van der Waals surface area contributed by atoms with Crippen molar-refractivity contribution in [3.8, 4) is 11.1 Å². The Morgan fingerprint density at radius 3 is 2.78 bits per heavy atom. The lowest BCUT2D eigenvalue weighted by Crippen LogP contribution is -2.46. The van der Waals surface area contributed by atoms with Crippen molar-refractivity contribution in [3.63, 3.8) is 0 Å². The number of thiophene rings is 1. The highest BCUT2D eigenvalue weighted by molar-refractivity contribution is 7.12. The number of ether oxygens (including phenoxy) is 1. The Balaban J connectivity index is 1.79. The third kappa shape index (κ3) is 3.60. The maximum absolute atomic E-state index is 12.8. The first-order valence-corrected chi connectivity index (χ1v) is 8.28. The molecule has 1 atom stereocenters. The molecular weight excluding hydrogens is 314 g/mol. The summed E-state index contributed by atoms with van der Waals surface area (Å²) in [6.07, 6.45) is -0.523. The van der Waals surface area contributed by atoms with Gasteiger partial charge < -0.3 is 14.7 Å². The molecule has 0 saturated carbocycles. The lowest BCUT2D eigenvalue weighted by molar-refractivity contribution is -0.141. The summed E-state index contributed by atoms with van der Waals surface area (Å²) < 4.78 is 5.43. The first kappa shape index (κ1) is 15.7. The zero-order valence-corrected chi connectivity index (χ0v) is 13.3. The van der Waals surface area contributed by atoms with E-state index >= 15 is 0 Å². The van der Waals surface area contributed by atoms with Crippen LogP contribution in [0.3, 0.4) is 0 Å². The molecule has 0 aliphatic carbocycles. The van der Waals surface area contributed by atoms with Gasteiger partial charge >= 0.3 is 5.97 Å². The zero-order valence-electron chi connectivity index (χ0n) is 12.5. The second-order valence-corrected chi connectivity index (χ2v) is 6.29. The van der Waals surface area contributed by atoms with Crippen molar-refractivity contribution in [2.24, 2.45) is 0 Å². The topological polar surface area (TPSA) is 66.8 Å². The fourth-order valence-corrected chi connectivity index (χ4v) is 3.57. The molecule has 0 bridgehead atoms. The van der Waals surface area contributed by atoms with Gasteiger partial charge in [0.05, 0.1) is 24.0 Å². The van der Waals surface area contributed by atoms with Gasteiger partial charge in [-0.2, -0.15) is 0 Å². The first-order valence-electron chi connectivity index (χ1n) is 7.40. The van der Waals surface area contributed by atoms with Crippen molar-refractivity contribution >= 4 is 23.2 Å². The molecule has 23 heavy (non-hydrogen) atoms. The van der Waals surface area contributed by atoms with Crippen molar-refractivity contribution in [1.82, 2.24) is 4.90 Å². The fraction of sp³-hybridized carbons (Fsp3) is 0.294. The quantitative estimate of drug-likeness (QED) is 0.935. The van der Waals surface area contributed by atoms with Crippen LogP contribution in [0.4, 0.5) is 0 Å². The third-order valence-electron chi connectivity index (χ3n) is 3.77. The molecule has 1 aliphatic heterocycles. The number of benzene rings is 1. The minimum absolute atomic E-state index is 0.0578. The normalized spacial score (nSPS) is 17.9. The summed E-state index contributed by atoms with van der Waals surface area (Å²) in [4.78, 5) is 26.0. The van der Waals surface area contributed by atoms with Crippen LogP contribution in [-0.2, 0) is 9.53 Å². The molecule has 0 radical (unpaired) electrons. The number of nitrogens with zero attached hydrogens (tertiary/aromatic N) is 1. The van der Waals surface area contributed by atoms with Crippen molar-refractivity contribution < 1.29 is 19.4 Å². The number of carbonyl (C=O) groups excluding carboxylic acids is 1. The average molecular weight is 331 g/mol. The van der Waals surface area contributed by atoms with Gasteiger partial charge in [-0.25, -0.2) is 0 Å². The van der Waals surface area contributed by atoms with Gasteiger partial charge in [0.25, 0.3) is 5.91 Å². The second-order valence-electron chi connectivity index (χ2n) is 5.37. The Hall–Kier alpha value is -2.18. The highest BCUT2D eigenvalue weighted by Gasteiger charge is 2.28. The lowest BCUT2D eigenvalue weighted by Gasteiger charge is -2.32. The van der Waals surface area contributed by atoms with E-state index in [4.69, 9.17) is 9.84 Å².